The zero-order chi connectivity index (χ0) is 35.9. The molecule has 5 aromatic rings. The van der Waals surface area contributed by atoms with E-state index in [1.165, 1.54) is 24.3 Å². The number of nitrogens with one attached hydrogen (secondary N) is 3. The number of aromatic amines is 1. The average molecular weight is 733 g/mol. The smallest absolute Gasteiger partial charge is 0.411 e. The van der Waals surface area contributed by atoms with Crippen LogP contribution < -0.4 is 20.1 Å². The number of ether oxygens (including phenoxy) is 3. The van der Waals surface area contributed by atoms with Crippen molar-refractivity contribution in [3.8, 4) is 28.4 Å². The van der Waals surface area contributed by atoms with Crippen molar-refractivity contribution in [2.75, 3.05) is 32.6 Å². The van der Waals surface area contributed by atoms with Gasteiger partial charge in [-0.1, -0.05) is 35.3 Å². The third-order valence-corrected chi connectivity index (χ3v) is 8.33. The van der Waals surface area contributed by atoms with Crippen LogP contribution in [0.2, 0.25) is 10.2 Å². The van der Waals surface area contributed by atoms with Crippen LogP contribution >= 0.6 is 23.2 Å². The van der Waals surface area contributed by atoms with Crippen molar-refractivity contribution in [1.29, 1.82) is 0 Å². The highest BCUT2D eigenvalue weighted by Crippen LogP contribution is 2.30. The molecule has 0 spiro atoms. The fourth-order valence-electron chi connectivity index (χ4n) is 5.19. The Morgan fingerprint density at radius 1 is 1.02 bits per heavy atom. The van der Waals surface area contributed by atoms with E-state index in [9.17, 15) is 14.4 Å². The maximum Gasteiger partial charge on any atom is 0.411 e. The number of hydrogen-bond donors (Lipinski definition) is 3. The van der Waals surface area contributed by atoms with Gasteiger partial charge in [-0.05, 0) is 65.9 Å². The van der Waals surface area contributed by atoms with Crippen LogP contribution in [-0.2, 0) is 14.3 Å². The Labute approximate surface area is 301 Å². The fraction of sp³-hybridized carbons (Fsp3) is 0.206. The number of imidazole rings is 1. The summed E-state index contributed by atoms with van der Waals surface area (Å²) in [5, 5.41) is 17.8. The lowest BCUT2D eigenvalue weighted by Crippen LogP contribution is -2.56. The number of likely N-dealkylation sites (tertiary alicyclic amines) is 1. The Hall–Kier alpha value is -5.93. The second kappa shape index (κ2) is 15.7. The minimum absolute atomic E-state index is 0.120. The quantitative estimate of drug-likeness (QED) is 0.146. The Morgan fingerprint density at radius 3 is 2.45 bits per heavy atom. The van der Waals surface area contributed by atoms with E-state index >= 15 is 0 Å². The zero-order valence-electron chi connectivity index (χ0n) is 27.2. The molecule has 0 saturated carbocycles. The standard InChI is InChI=1S/C34H31Cl2N9O6/c1-49-24-9-11-25(12-10-24)51-26-17-44(18-26)30(47)16-27(33-41-31(32(36)42-33)20-3-7-23(8-4-20)39-34(48)50-2)40-29(46)14-5-21-15-22(35)6-13-28(21)45-38-19-37-43-45/h3-15,19,26-27H,16-18H2,1-2H3,(H,39,48)(H,40,46)(H,41,42)/t27-/m0/s1. The fourth-order valence-corrected chi connectivity index (χ4v) is 5.62. The van der Waals surface area contributed by atoms with Gasteiger partial charge in [-0.2, -0.15) is 0 Å². The van der Waals surface area contributed by atoms with Crippen molar-refractivity contribution in [2.24, 2.45) is 0 Å². The molecule has 17 heteroatoms. The topological polar surface area (TPSA) is 178 Å². The molecule has 6 rings (SSSR count). The Kier molecular flexibility index (Phi) is 10.8. The van der Waals surface area contributed by atoms with Crippen LogP contribution in [-0.4, -0.2) is 86.4 Å². The zero-order valence-corrected chi connectivity index (χ0v) is 28.8. The monoisotopic (exact) mass is 731 g/mol. The molecule has 1 atom stereocenters. The molecule has 1 aliphatic heterocycles. The first-order valence-electron chi connectivity index (χ1n) is 15.5. The normalized spacial score (nSPS) is 13.4. The van der Waals surface area contributed by atoms with Crippen LogP contribution in [0.1, 0.15) is 23.9 Å². The molecule has 1 fully saturated rings. The van der Waals surface area contributed by atoms with Gasteiger partial charge in [-0.3, -0.25) is 14.9 Å². The third-order valence-electron chi connectivity index (χ3n) is 7.82. The second-order valence-corrected chi connectivity index (χ2v) is 12.0. The van der Waals surface area contributed by atoms with Crippen LogP contribution in [0.25, 0.3) is 23.0 Å². The summed E-state index contributed by atoms with van der Waals surface area (Å²) in [4.78, 5) is 49.1. The van der Waals surface area contributed by atoms with Crippen LogP contribution in [0.5, 0.6) is 11.5 Å². The highest BCUT2D eigenvalue weighted by atomic mass is 35.5. The van der Waals surface area contributed by atoms with Crippen molar-refractivity contribution in [3.05, 3.63) is 101 Å². The average Bonchev–Trinajstić information content (AvgIpc) is 3.79. The molecule has 0 bridgehead atoms. The number of rotatable bonds is 12. The summed E-state index contributed by atoms with van der Waals surface area (Å²) in [5.74, 6) is 0.912. The summed E-state index contributed by atoms with van der Waals surface area (Å²) in [5.41, 5.74) is 2.63. The molecular formula is C34H31Cl2N9O6. The number of halogens is 2. The number of benzene rings is 3. The van der Waals surface area contributed by atoms with E-state index in [-0.39, 0.29) is 29.4 Å². The maximum atomic E-state index is 13.5. The SMILES string of the molecule is COC(=O)Nc1ccc(-c2nc([C@H](CC(=O)N3CC(Oc4ccc(OC)cc4)C3)NC(=O)C=Cc3cc(Cl)ccc3-n3ncnn3)[nH]c2Cl)cc1. The van der Waals surface area contributed by atoms with Gasteiger partial charge in [0.25, 0.3) is 0 Å². The maximum absolute atomic E-state index is 13.5. The molecule has 1 aliphatic rings. The molecule has 0 aliphatic carbocycles. The van der Waals surface area contributed by atoms with Gasteiger partial charge in [-0.15, -0.1) is 15.0 Å². The first kappa shape index (κ1) is 34.9. The molecule has 3 heterocycles. The van der Waals surface area contributed by atoms with Gasteiger partial charge in [-0.25, -0.2) is 9.78 Å². The van der Waals surface area contributed by atoms with Gasteiger partial charge in [0.05, 0.1) is 45.5 Å². The summed E-state index contributed by atoms with van der Waals surface area (Å²) >= 11 is 12.8. The van der Waals surface area contributed by atoms with E-state index in [1.807, 2.05) is 0 Å². The molecule has 0 unspecified atom stereocenters. The summed E-state index contributed by atoms with van der Waals surface area (Å²) in [6.07, 6.45) is 3.24. The number of methoxy groups -OCH3 is 2. The third kappa shape index (κ3) is 8.63. The lowest BCUT2D eigenvalue weighted by atomic mass is 10.1. The van der Waals surface area contributed by atoms with Crippen molar-refractivity contribution in [1.82, 2.24) is 40.4 Å². The Balaban J connectivity index is 1.19. The summed E-state index contributed by atoms with van der Waals surface area (Å²) in [6.45, 7) is 0.741. The molecule has 2 aromatic heterocycles. The van der Waals surface area contributed by atoms with E-state index in [2.05, 4.69) is 40.7 Å². The predicted octanol–water partition coefficient (Wildman–Crippen LogP) is 5.10. The summed E-state index contributed by atoms with van der Waals surface area (Å²) in [7, 11) is 2.86. The first-order chi connectivity index (χ1) is 24.7. The molecule has 1 saturated heterocycles. The van der Waals surface area contributed by atoms with E-state index in [1.54, 1.807) is 84.8 Å². The lowest BCUT2D eigenvalue weighted by molar-refractivity contribution is -0.140. The van der Waals surface area contributed by atoms with E-state index in [0.717, 1.165) is 0 Å². The van der Waals surface area contributed by atoms with Gasteiger partial charge in [0.2, 0.25) is 11.8 Å². The minimum Gasteiger partial charge on any atom is -0.497 e. The van der Waals surface area contributed by atoms with Crippen molar-refractivity contribution < 1.29 is 28.6 Å². The number of aromatic nitrogens is 6. The molecule has 51 heavy (non-hydrogen) atoms. The number of carbonyl (C=O) groups excluding carboxylic acids is 3. The van der Waals surface area contributed by atoms with Gasteiger partial charge in [0.1, 0.15) is 34.3 Å². The number of nitrogens with zero attached hydrogens (tertiary/aromatic N) is 6. The molecule has 262 valence electrons. The van der Waals surface area contributed by atoms with Gasteiger partial charge < -0.3 is 29.4 Å². The number of carbonyl (C=O) groups is 3. The summed E-state index contributed by atoms with van der Waals surface area (Å²) in [6, 6.07) is 18.1. The van der Waals surface area contributed by atoms with Crippen LogP contribution in [0.4, 0.5) is 10.5 Å². The number of amides is 3. The Morgan fingerprint density at radius 2 is 1.76 bits per heavy atom. The number of anilines is 1. The molecule has 15 nitrogen and oxygen atoms in total. The molecule has 0 radical (unpaired) electrons. The number of hydrogen-bond acceptors (Lipinski definition) is 10. The largest absolute Gasteiger partial charge is 0.497 e. The van der Waals surface area contributed by atoms with Gasteiger partial charge >= 0.3 is 6.09 Å². The summed E-state index contributed by atoms with van der Waals surface area (Å²) < 4.78 is 15.8. The van der Waals surface area contributed by atoms with Crippen molar-refractivity contribution in [2.45, 2.75) is 18.6 Å². The van der Waals surface area contributed by atoms with E-state index in [0.29, 0.717) is 57.8 Å². The molecule has 3 N–H and O–H groups in total. The van der Waals surface area contributed by atoms with Gasteiger partial charge in [0, 0.05) is 27.9 Å². The van der Waals surface area contributed by atoms with Crippen LogP contribution in [0.15, 0.2) is 79.1 Å². The first-order valence-corrected chi connectivity index (χ1v) is 16.3. The van der Waals surface area contributed by atoms with Crippen molar-refractivity contribution in [3.63, 3.8) is 0 Å². The highest BCUT2D eigenvalue weighted by molar-refractivity contribution is 6.32. The highest BCUT2D eigenvalue weighted by Gasteiger charge is 2.34. The van der Waals surface area contributed by atoms with Crippen molar-refractivity contribution >= 4 is 52.9 Å². The molecule has 3 aromatic carbocycles. The Bertz CT molecular complexity index is 2030. The van der Waals surface area contributed by atoms with E-state index in [4.69, 9.17) is 32.7 Å². The van der Waals surface area contributed by atoms with Crippen LogP contribution in [0, 0.1) is 0 Å². The van der Waals surface area contributed by atoms with Crippen LogP contribution in [0.3, 0.4) is 0 Å². The predicted molar refractivity (Wildman–Crippen MR) is 188 cm³/mol. The van der Waals surface area contributed by atoms with Gasteiger partial charge in [0.15, 0.2) is 6.33 Å². The lowest BCUT2D eigenvalue weighted by Gasteiger charge is -2.39. The number of tetrazole rings is 1. The molecular weight excluding hydrogens is 701 g/mol. The van der Waals surface area contributed by atoms with E-state index < -0.39 is 18.0 Å². The molecule has 3 amide bonds. The number of H-pyrrole nitrogens is 1. The minimum atomic E-state index is -0.890. The second-order valence-electron chi connectivity index (χ2n) is 11.2.